The van der Waals surface area contributed by atoms with Crippen LogP contribution in [-0.2, 0) is 7.05 Å². The predicted octanol–water partition coefficient (Wildman–Crippen LogP) is 6.07. The molecule has 2 heterocycles. The molecule has 0 atom stereocenters. The molecule has 0 bridgehead atoms. The third-order valence-electron chi connectivity index (χ3n) is 5.41. The van der Waals surface area contributed by atoms with Crippen LogP contribution in [0.5, 0.6) is 0 Å². The van der Waals surface area contributed by atoms with Crippen molar-refractivity contribution in [3.05, 3.63) is 96.3 Å². The molecule has 0 aliphatic heterocycles. The van der Waals surface area contributed by atoms with Crippen LogP contribution in [0, 0.1) is 6.92 Å². The van der Waals surface area contributed by atoms with Gasteiger partial charge in [-0.1, -0.05) is 62.4 Å². The van der Waals surface area contributed by atoms with Crippen molar-refractivity contribution in [3.63, 3.8) is 0 Å². The number of benzene rings is 2. The fourth-order valence-electron chi connectivity index (χ4n) is 3.87. The van der Waals surface area contributed by atoms with E-state index in [1.54, 1.807) is 0 Å². The van der Waals surface area contributed by atoms with E-state index in [0.29, 0.717) is 5.92 Å². The standard InChI is InChI=1S/C26H27N2/c1-19(2)23-12-8-9-13-24(23)28-17-14-20(3)26(28)25-18-22(15-16-27(25)4)21-10-6-5-7-11-21/h5-19H,1-4H3/q+1. The van der Waals surface area contributed by atoms with E-state index in [9.17, 15) is 0 Å². The SMILES string of the molecule is Cc1ccn(-c2ccccc2C(C)C)c1-c1cc(-c2ccccc2)cc[n+]1C. The second kappa shape index (κ2) is 7.47. The molecule has 0 N–H and O–H groups in total. The Hall–Kier alpha value is -3.13. The summed E-state index contributed by atoms with van der Waals surface area (Å²) in [6, 6.07) is 26.0. The van der Waals surface area contributed by atoms with Crippen LogP contribution in [0.2, 0.25) is 0 Å². The van der Waals surface area contributed by atoms with E-state index in [-0.39, 0.29) is 0 Å². The van der Waals surface area contributed by atoms with Crippen molar-refractivity contribution >= 4 is 0 Å². The molecule has 2 aromatic heterocycles. The Morgan fingerprint density at radius 3 is 2.29 bits per heavy atom. The van der Waals surface area contributed by atoms with Gasteiger partial charge >= 0.3 is 0 Å². The molecule has 0 aliphatic carbocycles. The first-order valence-electron chi connectivity index (χ1n) is 9.89. The Kier molecular flexibility index (Phi) is 4.87. The minimum absolute atomic E-state index is 0.469. The molecule has 0 saturated heterocycles. The van der Waals surface area contributed by atoms with Gasteiger partial charge in [0.25, 0.3) is 0 Å². The van der Waals surface area contributed by atoms with Crippen molar-refractivity contribution in [2.24, 2.45) is 7.05 Å². The molecular formula is C26H27N2+. The molecule has 0 radical (unpaired) electrons. The van der Waals surface area contributed by atoms with Crippen LogP contribution in [0.3, 0.4) is 0 Å². The highest BCUT2D eigenvalue weighted by Gasteiger charge is 2.21. The van der Waals surface area contributed by atoms with Gasteiger partial charge in [0.2, 0.25) is 5.69 Å². The Balaban J connectivity index is 1.92. The van der Waals surface area contributed by atoms with Crippen molar-refractivity contribution < 1.29 is 4.57 Å². The summed E-state index contributed by atoms with van der Waals surface area (Å²) >= 11 is 0. The molecule has 28 heavy (non-hydrogen) atoms. The summed E-state index contributed by atoms with van der Waals surface area (Å²) in [4.78, 5) is 0. The first kappa shape index (κ1) is 18.2. The van der Waals surface area contributed by atoms with Crippen LogP contribution >= 0.6 is 0 Å². The van der Waals surface area contributed by atoms with E-state index in [1.807, 2.05) is 0 Å². The van der Waals surface area contributed by atoms with Crippen LogP contribution in [0.25, 0.3) is 28.2 Å². The summed E-state index contributed by atoms with van der Waals surface area (Å²) < 4.78 is 4.55. The van der Waals surface area contributed by atoms with Crippen molar-refractivity contribution in [2.45, 2.75) is 26.7 Å². The van der Waals surface area contributed by atoms with Crippen LogP contribution in [0.4, 0.5) is 0 Å². The van der Waals surface area contributed by atoms with Gasteiger partial charge in [-0.05, 0) is 47.2 Å². The molecule has 4 aromatic rings. The van der Waals surface area contributed by atoms with Gasteiger partial charge in [-0.2, -0.15) is 4.57 Å². The van der Waals surface area contributed by atoms with Crippen LogP contribution in [0.15, 0.2) is 85.2 Å². The summed E-state index contributed by atoms with van der Waals surface area (Å²) in [6.07, 6.45) is 4.35. The van der Waals surface area contributed by atoms with Crippen LogP contribution < -0.4 is 4.57 Å². The van der Waals surface area contributed by atoms with Gasteiger partial charge < -0.3 is 4.57 Å². The number of aryl methyl sites for hydroxylation is 2. The zero-order valence-electron chi connectivity index (χ0n) is 17.1. The summed E-state index contributed by atoms with van der Waals surface area (Å²) in [7, 11) is 2.12. The van der Waals surface area contributed by atoms with Crippen LogP contribution in [-0.4, -0.2) is 4.57 Å². The van der Waals surface area contributed by atoms with Gasteiger partial charge in [-0.15, -0.1) is 0 Å². The molecule has 2 nitrogen and oxygen atoms in total. The lowest BCUT2D eigenvalue weighted by Crippen LogP contribution is -2.31. The minimum atomic E-state index is 0.469. The Bertz CT molecular complexity index is 1100. The van der Waals surface area contributed by atoms with E-state index in [0.717, 1.165) is 0 Å². The normalized spacial score (nSPS) is 11.2. The quantitative estimate of drug-likeness (QED) is 0.387. The van der Waals surface area contributed by atoms with Gasteiger partial charge in [-0.3, -0.25) is 0 Å². The van der Waals surface area contributed by atoms with E-state index in [4.69, 9.17) is 0 Å². The van der Waals surface area contributed by atoms with E-state index < -0.39 is 0 Å². The monoisotopic (exact) mass is 367 g/mol. The number of pyridine rings is 1. The van der Waals surface area contributed by atoms with E-state index >= 15 is 0 Å². The molecule has 0 amide bonds. The Labute approximate surface area is 167 Å². The summed E-state index contributed by atoms with van der Waals surface area (Å²) in [6.45, 7) is 6.70. The third-order valence-corrected chi connectivity index (χ3v) is 5.41. The molecule has 0 saturated carbocycles. The molecular weight excluding hydrogens is 340 g/mol. The largest absolute Gasteiger partial charge is 0.311 e. The molecule has 0 fully saturated rings. The summed E-state index contributed by atoms with van der Waals surface area (Å²) in [5, 5.41) is 0. The Morgan fingerprint density at radius 2 is 1.54 bits per heavy atom. The number of nitrogens with zero attached hydrogens (tertiary/aromatic N) is 2. The second-order valence-corrected chi connectivity index (χ2v) is 7.71. The van der Waals surface area contributed by atoms with Crippen LogP contribution in [0.1, 0.15) is 30.9 Å². The maximum atomic E-state index is 2.34. The maximum absolute atomic E-state index is 2.34. The zero-order valence-corrected chi connectivity index (χ0v) is 17.1. The van der Waals surface area contributed by atoms with Crippen molar-refractivity contribution in [1.29, 1.82) is 0 Å². The fourth-order valence-corrected chi connectivity index (χ4v) is 3.87. The first-order valence-corrected chi connectivity index (χ1v) is 9.89. The van der Waals surface area contributed by atoms with E-state index in [1.165, 1.54) is 39.3 Å². The topological polar surface area (TPSA) is 8.81 Å². The average Bonchev–Trinajstić information content (AvgIpc) is 3.10. The predicted molar refractivity (Wildman–Crippen MR) is 117 cm³/mol. The number of para-hydroxylation sites is 1. The minimum Gasteiger partial charge on any atom is -0.311 e. The lowest BCUT2D eigenvalue weighted by molar-refractivity contribution is -0.660. The lowest BCUT2D eigenvalue weighted by Gasteiger charge is -2.16. The number of rotatable bonds is 4. The summed E-state index contributed by atoms with van der Waals surface area (Å²) in [5.41, 5.74) is 8.82. The lowest BCUT2D eigenvalue weighted by atomic mass is 10.0. The van der Waals surface area contributed by atoms with Gasteiger partial charge in [0.1, 0.15) is 12.7 Å². The van der Waals surface area contributed by atoms with E-state index in [2.05, 4.69) is 122 Å². The highest BCUT2D eigenvalue weighted by atomic mass is 15.0. The van der Waals surface area contributed by atoms with Gasteiger partial charge in [0.15, 0.2) is 6.20 Å². The molecule has 2 heteroatoms. The smallest absolute Gasteiger partial charge is 0.230 e. The van der Waals surface area contributed by atoms with Gasteiger partial charge in [0.05, 0.1) is 0 Å². The zero-order chi connectivity index (χ0) is 19.7. The molecule has 4 rings (SSSR count). The van der Waals surface area contributed by atoms with Gasteiger partial charge in [0, 0.05) is 24.0 Å². The highest BCUT2D eigenvalue weighted by molar-refractivity contribution is 5.70. The first-order chi connectivity index (χ1) is 13.6. The number of hydrogen-bond donors (Lipinski definition) is 0. The van der Waals surface area contributed by atoms with Gasteiger partial charge in [-0.25, -0.2) is 0 Å². The second-order valence-electron chi connectivity index (χ2n) is 7.71. The fraction of sp³-hybridized carbons (Fsp3) is 0.192. The maximum Gasteiger partial charge on any atom is 0.230 e. The number of aromatic nitrogens is 2. The molecule has 2 aromatic carbocycles. The number of hydrogen-bond acceptors (Lipinski definition) is 0. The van der Waals surface area contributed by atoms with Crippen molar-refractivity contribution in [3.8, 4) is 28.2 Å². The molecule has 0 spiro atoms. The average molecular weight is 368 g/mol. The van der Waals surface area contributed by atoms with Crippen molar-refractivity contribution in [1.82, 2.24) is 4.57 Å². The molecule has 140 valence electrons. The third kappa shape index (κ3) is 3.27. The summed E-state index contributed by atoms with van der Waals surface area (Å²) in [5.74, 6) is 0.469. The van der Waals surface area contributed by atoms with Crippen molar-refractivity contribution in [2.75, 3.05) is 0 Å². The Morgan fingerprint density at radius 1 is 0.821 bits per heavy atom. The molecule has 0 aliphatic rings. The molecule has 0 unspecified atom stereocenters. The highest BCUT2D eigenvalue weighted by Crippen LogP contribution is 2.31.